The Hall–Kier alpha value is -4.26. The van der Waals surface area contributed by atoms with Crippen molar-refractivity contribution in [2.45, 2.75) is 32.7 Å². The summed E-state index contributed by atoms with van der Waals surface area (Å²) < 4.78 is 18.1. The Morgan fingerprint density at radius 1 is 0.919 bits per heavy atom. The molecule has 7 heteroatoms. The average molecular weight is 499 g/mol. The molecule has 0 atom stereocenters. The first-order valence-electron chi connectivity index (χ1n) is 12.5. The van der Waals surface area contributed by atoms with Gasteiger partial charge in [-0.25, -0.2) is 0 Å². The van der Waals surface area contributed by atoms with Crippen molar-refractivity contribution < 1.29 is 19.0 Å². The van der Waals surface area contributed by atoms with Crippen LogP contribution in [0.4, 0.5) is 5.69 Å². The maximum absolute atomic E-state index is 13.6. The smallest absolute Gasteiger partial charge is 0.254 e. The number of pyridine rings is 1. The van der Waals surface area contributed by atoms with E-state index in [1.54, 1.807) is 31.4 Å². The summed E-state index contributed by atoms with van der Waals surface area (Å²) in [6.07, 6.45) is 2.31. The van der Waals surface area contributed by atoms with Crippen LogP contribution in [-0.4, -0.2) is 30.8 Å². The maximum atomic E-state index is 13.6. The molecule has 0 aliphatic carbocycles. The van der Waals surface area contributed by atoms with Gasteiger partial charge in [-0.1, -0.05) is 31.2 Å². The van der Waals surface area contributed by atoms with Crippen LogP contribution in [-0.2, 0) is 30.6 Å². The SMILES string of the molecule is CCc1ccc(CCc2cc3ccc(OC)cc3n(CC(=O)Nc3ccc4c(c3)OCCO4)c2=O)cc1. The molecule has 0 fully saturated rings. The van der Waals surface area contributed by atoms with Crippen molar-refractivity contribution >= 4 is 22.5 Å². The van der Waals surface area contributed by atoms with Gasteiger partial charge in [-0.2, -0.15) is 0 Å². The minimum Gasteiger partial charge on any atom is -0.497 e. The number of fused-ring (bicyclic) bond motifs is 2. The van der Waals surface area contributed by atoms with Crippen molar-refractivity contribution in [3.63, 3.8) is 0 Å². The molecule has 2 heterocycles. The van der Waals surface area contributed by atoms with E-state index in [-0.39, 0.29) is 18.0 Å². The monoisotopic (exact) mass is 498 g/mol. The zero-order valence-corrected chi connectivity index (χ0v) is 21.1. The van der Waals surface area contributed by atoms with E-state index < -0.39 is 0 Å². The van der Waals surface area contributed by atoms with Crippen LogP contribution in [0.5, 0.6) is 17.2 Å². The lowest BCUT2D eigenvalue weighted by Gasteiger charge is -2.19. The van der Waals surface area contributed by atoms with Crippen LogP contribution in [0.15, 0.2) is 71.5 Å². The number of carbonyl (C=O) groups excluding carboxylic acids is 1. The van der Waals surface area contributed by atoms with Crippen LogP contribution in [0.3, 0.4) is 0 Å². The highest BCUT2D eigenvalue weighted by atomic mass is 16.6. The number of ether oxygens (including phenoxy) is 3. The predicted octanol–water partition coefficient (Wildman–Crippen LogP) is 4.77. The molecule has 0 bridgehead atoms. The Labute approximate surface area is 215 Å². The highest BCUT2D eigenvalue weighted by Gasteiger charge is 2.16. The van der Waals surface area contributed by atoms with E-state index in [0.29, 0.717) is 53.7 Å². The molecule has 3 aromatic carbocycles. The molecule has 190 valence electrons. The number of nitrogens with zero attached hydrogens (tertiary/aromatic N) is 1. The fraction of sp³-hybridized carbons (Fsp3) is 0.267. The largest absolute Gasteiger partial charge is 0.497 e. The molecule has 37 heavy (non-hydrogen) atoms. The maximum Gasteiger partial charge on any atom is 0.254 e. The van der Waals surface area contributed by atoms with Gasteiger partial charge in [0.2, 0.25) is 5.91 Å². The van der Waals surface area contributed by atoms with Crippen LogP contribution >= 0.6 is 0 Å². The molecule has 4 aromatic rings. The first-order valence-corrected chi connectivity index (χ1v) is 12.5. The van der Waals surface area contributed by atoms with Gasteiger partial charge < -0.3 is 19.5 Å². The summed E-state index contributed by atoms with van der Waals surface area (Å²) in [7, 11) is 1.58. The zero-order chi connectivity index (χ0) is 25.8. The van der Waals surface area contributed by atoms with E-state index in [0.717, 1.165) is 18.2 Å². The van der Waals surface area contributed by atoms with Gasteiger partial charge in [-0.3, -0.25) is 14.2 Å². The minimum absolute atomic E-state index is 0.129. The van der Waals surface area contributed by atoms with Crippen molar-refractivity contribution in [2.75, 3.05) is 25.6 Å². The number of aromatic nitrogens is 1. The summed E-state index contributed by atoms with van der Waals surface area (Å²) in [4.78, 5) is 26.7. The van der Waals surface area contributed by atoms with Gasteiger partial charge in [0.15, 0.2) is 11.5 Å². The van der Waals surface area contributed by atoms with Gasteiger partial charge in [0.1, 0.15) is 25.5 Å². The Morgan fingerprint density at radius 3 is 2.43 bits per heavy atom. The van der Waals surface area contributed by atoms with E-state index >= 15 is 0 Å². The molecule has 7 nitrogen and oxygen atoms in total. The second-order valence-electron chi connectivity index (χ2n) is 9.06. The second-order valence-corrected chi connectivity index (χ2v) is 9.06. The molecule has 0 saturated heterocycles. The van der Waals surface area contributed by atoms with E-state index in [9.17, 15) is 9.59 Å². The van der Waals surface area contributed by atoms with Crippen molar-refractivity contribution in [1.29, 1.82) is 0 Å². The molecule has 1 amide bonds. The summed E-state index contributed by atoms with van der Waals surface area (Å²) in [5.74, 6) is 1.55. The lowest BCUT2D eigenvalue weighted by Crippen LogP contribution is -2.30. The van der Waals surface area contributed by atoms with Gasteiger partial charge in [-0.05, 0) is 66.1 Å². The third-order valence-corrected chi connectivity index (χ3v) is 6.62. The van der Waals surface area contributed by atoms with Crippen LogP contribution in [0.1, 0.15) is 23.6 Å². The number of aryl methyl sites for hydroxylation is 3. The highest BCUT2D eigenvalue weighted by molar-refractivity contribution is 5.92. The Kier molecular flexibility index (Phi) is 7.12. The first kappa shape index (κ1) is 24.4. The average Bonchev–Trinajstić information content (AvgIpc) is 2.93. The second kappa shape index (κ2) is 10.8. The predicted molar refractivity (Wildman–Crippen MR) is 144 cm³/mol. The fourth-order valence-corrected chi connectivity index (χ4v) is 4.56. The van der Waals surface area contributed by atoms with Crippen molar-refractivity contribution in [1.82, 2.24) is 4.57 Å². The lowest BCUT2D eigenvalue weighted by atomic mass is 10.0. The zero-order valence-electron chi connectivity index (χ0n) is 21.1. The molecular weight excluding hydrogens is 468 g/mol. The first-order chi connectivity index (χ1) is 18.0. The molecule has 0 saturated carbocycles. The standard InChI is InChI=1S/C30H30N2O5/c1-3-20-4-6-21(7-5-20)8-9-23-16-22-10-12-25(35-2)18-26(22)32(30(23)34)19-29(33)31-24-11-13-27-28(17-24)37-15-14-36-27/h4-7,10-13,16-18H,3,8-9,14-15,19H2,1-2H3,(H,31,33). The molecule has 1 aliphatic heterocycles. The number of rotatable bonds is 8. The third kappa shape index (κ3) is 5.45. The number of amides is 1. The number of carbonyl (C=O) groups is 1. The Balaban J connectivity index is 1.42. The lowest BCUT2D eigenvalue weighted by molar-refractivity contribution is -0.116. The van der Waals surface area contributed by atoms with Gasteiger partial charge in [0.05, 0.1) is 12.6 Å². The molecule has 5 rings (SSSR count). The highest BCUT2D eigenvalue weighted by Crippen LogP contribution is 2.32. The van der Waals surface area contributed by atoms with E-state index in [2.05, 4.69) is 36.5 Å². The van der Waals surface area contributed by atoms with Crippen LogP contribution in [0.2, 0.25) is 0 Å². The van der Waals surface area contributed by atoms with Crippen molar-refractivity contribution in [3.8, 4) is 17.2 Å². The molecule has 1 N–H and O–H groups in total. The summed E-state index contributed by atoms with van der Waals surface area (Å²) in [5, 5.41) is 3.76. The van der Waals surface area contributed by atoms with E-state index in [1.165, 1.54) is 15.7 Å². The Morgan fingerprint density at radius 2 is 1.68 bits per heavy atom. The topological polar surface area (TPSA) is 78.8 Å². The number of hydrogen-bond acceptors (Lipinski definition) is 5. The van der Waals surface area contributed by atoms with Crippen LogP contribution < -0.4 is 25.1 Å². The van der Waals surface area contributed by atoms with Crippen LogP contribution in [0, 0.1) is 0 Å². The number of methoxy groups -OCH3 is 1. The number of hydrogen-bond donors (Lipinski definition) is 1. The molecule has 0 spiro atoms. The summed E-state index contributed by atoms with van der Waals surface area (Å²) >= 11 is 0. The van der Waals surface area contributed by atoms with Crippen molar-refractivity contribution in [2.24, 2.45) is 0 Å². The van der Waals surface area contributed by atoms with Crippen LogP contribution in [0.25, 0.3) is 10.9 Å². The number of benzene rings is 3. The number of anilines is 1. The van der Waals surface area contributed by atoms with Gasteiger partial charge in [0, 0.05) is 23.4 Å². The summed E-state index contributed by atoms with van der Waals surface area (Å²) in [5.41, 5.74) is 4.19. The molecule has 1 aromatic heterocycles. The van der Waals surface area contributed by atoms with Gasteiger partial charge >= 0.3 is 0 Å². The minimum atomic E-state index is -0.310. The number of nitrogens with one attached hydrogen (secondary N) is 1. The molecular formula is C30H30N2O5. The molecule has 1 aliphatic rings. The van der Waals surface area contributed by atoms with E-state index in [4.69, 9.17) is 14.2 Å². The summed E-state index contributed by atoms with van der Waals surface area (Å²) in [6, 6.07) is 21.2. The van der Waals surface area contributed by atoms with Crippen molar-refractivity contribution in [3.05, 3.63) is 93.8 Å². The fourth-order valence-electron chi connectivity index (χ4n) is 4.56. The normalized spacial score (nSPS) is 12.4. The van der Waals surface area contributed by atoms with Gasteiger partial charge in [0.25, 0.3) is 5.56 Å². The molecule has 0 unspecified atom stereocenters. The van der Waals surface area contributed by atoms with E-state index in [1.807, 2.05) is 18.2 Å². The quantitative estimate of drug-likeness (QED) is 0.379. The third-order valence-electron chi connectivity index (χ3n) is 6.62. The summed E-state index contributed by atoms with van der Waals surface area (Å²) in [6.45, 7) is 2.96. The Bertz CT molecular complexity index is 1490. The molecule has 0 radical (unpaired) electrons. The van der Waals surface area contributed by atoms with Gasteiger partial charge in [-0.15, -0.1) is 0 Å².